The second-order valence-corrected chi connectivity index (χ2v) is 4.99. The maximum Gasteiger partial charge on any atom is 0.310 e. The summed E-state index contributed by atoms with van der Waals surface area (Å²) >= 11 is 0. The van der Waals surface area contributed by atoms with Crippen molar-refractivity contribution < 1.29 is 19.2 Å². The molecule has 0 aliphatic carbocycles. The highest BCUT2D eigenvalue weighted by atomic mass is 16.6. The molecule has 126 valence electrons. The zero-order valence-electron chi connectivity index (χ0n) is 13.3. The minimum atomic E-state index is -0.544. The van der Waals surface area contributed by atoms with Crippen LogP contribution in [0.1, 0.15) is 0 Å². The van der Waals surface area contributed by atoms with E-state index in [9.17, 15) is 14.9 Å². The Kier molecular flexibility index (Phi) is 6.13. The van der Waals surface area contributed by atoms with Gasteiger partial charge in [-0.3, -0.25) is 14.9 Å². The van der Waals surface area contributed by atoms with Gasteiger partial charge in [0, 0.05) is 13.1 Å². The molecule has 0 heterocycles. The number of ether oxygens (including phenoxy) is 2. The van der Waals surface area contributed by atoms with Crippen molar-refractivity contribution in [2.24, 2.45) is 0 Å². The van der Waals surface area contributed by atoms with E-state index in [2.05, 4.69) is 0 Å². The third-order valence-corrected chi connectivity index (χ3v) is 3.28. The fourth-order valence-electron chi connectivity index (χ4n) is 1.92. The van der Waals surface area contributed by atoms with Gasteiger partial charge in [-0.25, -0.2) is 0 Å². The van der Waals surface area contributed by atoms with E-state index in [1.54, 1.807) is 19.2 Å². The molecule has 0 aliphatic rings. The first-order chi connectivity index (χ1) is 11.6. The van der Waals surface area contributed by atoms with Gasteiger partial charge in [-0.05, 0) is 18.2 Å². The van der Waals surface area contributed by atoms with Crippen molar-refractivity contribution in [2.75, 3.05) is 26.8 Å². The molecule has 0 radical (unpaired) electrons. The topological polar surface area (TPSA) is 81.9 Å². The van der Waals surface area contributed by atoms with Gasteiger partial charge in [0.05, 0.1) is 11.5 Å². The minimum Gasteiger partial charge on any atom is -0.492 e. The number of nitrogens with zero attached hydrogens (tertiary/aromatic N) is 2. The molecule has 24 heavy (non-hydrogen) atoms. The maximum absolute atomic E-state index is 12.0. The third-order valence-electron chi connectivity index (χ3n) is 3.28. The first-order valence-corrected chi connectivity index (χ1v) is 7.36. The van der Waals surface area contributed by atoms with E-state index >= 15 is 0 Å². The molecule has 1 amide bonds. The number of amides is 1. The average Bonchev–Trinajstić information content (AvgIpc) is 2.60. The van der Waals surface area contributed by atoms with Gasteiger partial charge in [-0.1, -0.05) is 30.3 Å². The molecule has 0 saturated carbocycles. The smallest absolute Gasteiger partial charge is 0.310 e. The molecule has 0 unspecified atom stereocenters. The highest BCUT2D eigenvalue weighted by molar-refractivity contribution is 5.77. The summed E-state index contributed by atoms with van der Waals surface area (Å²) in [5.41, 5.74) is -0.166. The van der Waals surface area contributed by atoms with Gasteiger partial charge in [0.15, 0.2) is 12.4 Å². The van der Waals surface area contributed by atoms with Crippen molar-refractivity contribution >= 4 is 11.6 Å². The number of likely N-dealkylation sites (N-methyl/N-ethyl adjacent to an activating group) is 1. The molecular weight excluding hydrogens is 312 g/mol. The summed E-state index contributed by atoms with van der Waals surface area (Å²) < 4.78 is 10.8. The van der Waals surface area contributed by atoms with Crippen LogP contribution in [0.4, 0.5) is 5.69 Å². The van der Waals surface area contributed by atoms with E-state index in [1.165, 1.54) is 17.0 Å². The quantitative estimate of drug-likeness (QED) is 0.549. The fraction of sp³-hybridized carbons (Fsp3) is 0.235. The van der Waals surface area contributed by atoms with Gasteiger partial charge in [0.2, 0.25) is 0 Å². The number of hydrogen-bond acceptors (Lipinski definition) is 5. The predicted octanol–water partition coefficient (Wildman–Crippen LogP) is 2.51. The average molecular weight is 330 g/mol. The Hall–Kier alpha value is -3.09. The second kappa shape index (κ2) is 8.52. The summed E-state index contributed by atoms with van der Waals surface area (Å²) in [5.74, 6) is 0.518. The summed E-state index contributed by atoms with van der Waals surface area (Å²) in [6.45, 7) is 0.457. The van der Waals surface area contributed by atoms with E-state index in [-0.39, 0.29) is 24.0 Å². The van der Waals surface area contributed by atoms with Crippen LogP contribution in [-0.4, -0.2) is 42.5 Å². The maximum atomic E-state index is 12.0. The van der Waals surface area contributed by atoms with Gasteiger partial charge in [-0.2, -0.15) is 0 Å². The van der Waals surface area contributed by atoms with Crippen molar-refractivity contribution in [3.05, 3.63) is 64.7 Å². The number of para-hydroxylation sites is 3. The van der Waals surface area contributed by atoms with Crippen LogP contribution < -0.4 is 9.47 Å². The molecule has 0 spiro atoms. The van der Waals surface area contributed by atoms with E-state index in [1.807, 2.05) is 30.3 Å². The highest BCUT2D eigenvalue weighted by Crippen LogP contribution is 2.25. The standard InChI is InChI=1S/C17H18N2O5/c1-18(11-12-23-14-7-3-2-4-8-14)17(20)13-24-16-10-6-5-9-15(16)19(21)22/h2-10H,11-13H2,1H3. The normalized spacial score (nSPS) is 10.0. The molecule has 0 fully saturated rings. The van der Waals surface area contributed by atoms with Crippen LogP contribution in [0.2, 0.25) is 0 Å². The Balaban J connectivity index is 1.79. The lowest BCUT2D eigenvalue weighted by molar-refractivity contribution is -0.385. The molecule has 2 rings (SSSR count). The Morgan fingerprint density at radius 3 is 2.46 bits per heavy atom. The number of nitro groups is 1. The molecular formula is C17H18N2O5. The van der Waals surface area contributed by atoms with Crippen molar-refractivity contribution in [3.63, 3.8) is 0 Å². The first-order valence-electron chi connectivity index (χ1n) is 7.36. The van der Waals surface area contributed by atoms with Crippen molar-refractivity contribution in [1.29, 1.82) is 0 Å². The molecule has 7 heteroatoms. The van der Waals surface area contributed by atoms with Crippen LogP contribution in [0.15, 0.2) is 54.6 Å². The van der Waals surface area contributed by atoms with Crippen LogP contribution in [0.25, 0.3) is 0 Å². The van der Waals surface area contributed by atoms with E-state index in [4.69, 9.17) is 9.47 Å². The SMILES string of the molecule is CN(CCOc1ccccc1)C(=O)COc1ccccc1[N+](=O)[O-]. The molecule has 7 nitrogen and oxygen atoms in total. The molecule has 0 aliphatic heterocycles. The van der Waals surface area contributed by atoms with Crippen LogP contribution in [-0.2, 0) is 4.79 Å². The molecule has 2 aromatic carbocycles. The van der Waals surface area contributed by atoms with E-state index < -0.39 is 4.92 Å². The van der Waals surface area contributed by atoms with Gasteiger partial charge in [0.25, 0.3) is 5.91 Å². The van der Waals surface area contributed by atoms with Gasteiger partial charge < -0.3 is 14.4 Å². The largest absolute Gasteiger partial charge is 0.492 e. The van der Waals surface area contributed by atoms with Gasteiger partial charge >= 0.3 is 5.69 Å². The summed E-state index contributed by atoms with van der Waals surface area (Å²) in [7, 11) is 1.62. The lowest BCUT2D eigenvalue weighted by atomic mass is 10.3. The zero-order chi connectivity index (χ0) is 17.4. The van der Waals surface area contributed by atoms with E-state index in [0.717, 1.165) is 5.75 Å². The van der Waals surface area contributed by atoms with Gasteiger partial charge in [0.1, 0.15) is 12.4 Å². The second-order valence-electron chi connectivity index (χ2n) is 4.99. The minimum absolute atomic E-state index is 0.0739. The Labute approximate surface area is 139 Å². The van der Waals surface area contributed by atoms with Crippen LogP contribution in [0.5, 0.6) is 11.5 Å². The Bertz CT molecular complexity index is 690. The first kappa shape index (κ1) is 17.3. The summed E-state index contributed by atoms with van der Waals surface area (Å²) in [4.78, 5) is 23.8. The highest BCUT2D eigenvalue weighted by Gasteiger charge is 2.16. The number of hydrogen-bond donors (Lipinski definition) is 0. The Morgan fingerprint density at radius 1 is 1.08 bits per heavy atom. The number of carbonyl (C=O) groups is 1. The summed E-state index contributed by atoms with van der Waals surface area (Å²) in [6.07, 6.45) is 0. The van der Waals surface area contributed by atoms with Crippen LogP contribution in [0, 0.1) is 10.1 Å². The molecule has 0 bridgehead atoms. The number of rotatable bonds is 8. The number of benzene rings is 2. The zero-order valence-corrected chi connectivity index (χ0v) is 13.3. The van der Waals surface area contributed by atoms with Crippen LogP contribution >= 0.6 is 0 Å². The van der Waals surface area contributed by atoms with Crippen LogP contribution in [0.3, 0.4) is 0 Å². The van der Waals surface area contributed by atoms with E-state index in [0.29, 0.717) is 13.2 Å². The number of nitro benzene ring substituents is 1. The molecule has 0 saturated heterocycles. The molecule has 0 atom stereocenters. The fourth-order valence-corrected chi connectivity index (χ4v) is 1.92. The van der Waals surface area contributed by atoms with Crippen molar-refractivity contribution in [1.82, 2.24) is 4.90 Å². The van der Waals surface area contributed by atoms with Crippen molar-refractivity contribution in [3.8, 4) is 11.5 Å². The predicted molar refractivity (Wildman–Crippen MR) is 88.2 cm³/mol. The molecule has 0 aromatic heterocycles. The molecule has 2 aromatic rings. The number of carbonyl (C=O) groups excluding carboxylic acids is 1. The monoisotopic (exact) mass is 330 g/mol. The molecule has 0 N–H and O–H groups in total. The van der Waals surface area contributed by atoms with Crippen molar-refractivity contribution in [2.45, 2.75) is 0 Å². The summed E-state index contributed by atoms with van der Waals surface area (Å²) in [5, 5.41) is 10.9. The lowest BCUT2D eigenvalue weighted by Crippen LogP contribution is -2.34. The Morgan fingerprint density at radius 2 is 1.75 bits per heavy atom. The summed E-state index contributed by atoms with van der Waals surface area (Å²) in [6, 6.07) is 15.2. The third kappa shape index (κ3) is 4.98. The van der Waals surface area contributed by atoms with Gasteiger partial charge in [-0.15, -0.1) is 0 Å². The lowest BCUT2D eigenvalue weighted by Gasteiger charge is -2.17.